The van der Waals surface area contributed by atoms with E-state index < -0.39 is 5.60 Å². The molecule has 1 unspecified atom stereocenters. The van der Waals surface area contributed by atoms with Crippen LogP contribution in [0, 0.1) is 0 Å². The SMILES string of the molecule is CC(C)(C)OC(=O)N1CCNCC1.Cn1cncc1C(C)(O)C1=Cc2cc(Cl)ccc2Cc2ncc(Cl)cc21. The average Bonchev–Trinajstić information content (AvgIpc) is 3.24. The number of hydrogen-bond donors (Lipinski definition) is 2. The summed E-state index contributed by atoms with van der Waals surface area (Å²) in [6, 6.07) is 7.63. The molecule has 8 nitrogen and oxygen atoms in total. The molecule has 1 fully saturated rings. The van der Waals surface area contributed by atoms with Crippen molar-refractivity contribution in [3.63, 3.8) is 0 Å². The van der Waals surface area contributed by atoms with Crippen LogP contribution in [-0.4, -0.2) is 62.4 Å². The molecule has 1 atom stereocenters. The van der Waals surface area contributed by atoms with Crippen LogP contribution < -0.4 is 5.32 Å². The molecule has 0 saturated carbocycles. The number of nitrogens with one attached hydrogen (secondary N) is 1. The lowest BCUT2D eigenvalue weighted by atomic mass is 9.86. The number of carbonyl (C=O) groups excluding carboxylic acids is 1. The standard InChI is InChI=1S/C20H17Cl2N3O.C9H18N2O2/c1-20(26,19-10-23-11-25(19)2)17-6-13-5-14(21)4-3-12(13)7-18-16(17)8-15(22)9-24-18;1-9(2,3)13-8(12)11-6-4-10-5-7-11/h3-6,8-11,26H,7H2,1-2H3;10H,4-7H2,1-3H3. The van der Waals surface area contributed by atoms with Crippen LogP contribution in [0.25, 0.3) is 11.6 Å². The number of piperazine rings is 1. The number of pyridine rings is 1. The van der Waals surface area contributed by atoms with Gasteiger partial charge in [0.2, 0.25) is 0 Å². The van der Waals surface area contributed by atoms with Crippen LogP contribution >= 0.6 is 23.2 Å². The maximum absolute atomic E-state index is 11.5. The molecule has 1 aliphatic heterocycles. The summed E-state index contributed by atoms with van der Waals surface area (Å²) < 4.78 is 7.04. The number of fused-ring (bicyclic) bond motifs is 2. The number of benzene rings is 1. The summed E-state index contributed by atoms with van der Waals surface area (Å²) >= 11 is 12.4. The third-order valence-corrected chi connectivity index (χ3v) is 7.04. The lowest BCUT2D eigenvalue weighted by molar-refractivity contribution is 0.0229. The van der Waals surface area contributed by atoms with E-state index in [1.54, 1.807) is 30.5 Å². The van der Waals surface area contributed by atoms with Crippen molar-refractivity contribution in [2.75, 3.05) is 26.2 Å². The molecular weight excluding hydrogens is 537 g/mol. The number of nitrogens with zero attached hydrogens (tertiary/aromatic N) is 4. The predicted molar refractivity (Wildman–Crippen MR) is 155 cm³/mol. The van der Waals surface area contributed by atoms with Gasteiger partial charge in [-0.25, -0.2) is 9.78 Å². The summed E-state index contributed by atoms with van der Waals surface area (Å²) in [4.78, 5) is 21.9. The third-order valence-electron chi connectivity index (χ3n) is 6.60. The molecule has 2 N–H and O–H groups in total. The maximum atomic E-state index is 11.5. The Balaban J connectivity index is 0.000000229. The number of aliphatic hydroxyl groups is 1. The molecule has 3 heterocycles. The maximum Gasteiger partial charge on any atom is 0.410 e. The van der Waals surface area contributed by atoms with Crippen molar-refractivity contribution < 1.29 is 14.6 Å². The fourth-order valence-corrected chi connectivity index (χ4v) is 5.00. The third kappa shape index (κ3) is 7.00. The van der Waals surface area contributed by atoms with E-state index in [-0.39, 0.29) is 11.7 Å². The zero-order valence-electron chi connectivity index (χ0n) is 23.0. The number of imidazole rings is 1. The van der Waals surface area contributed by atoms with Gasteiger partial charge in [-0.1, -0.05) is 29.3 Å². The normalized spacial score (nSPS) is 16.5. The van der Waals surface area contributed by atoms with Gasteiger partial charge < -0.3 is 24.6 Å². The van der Waals surface area contributed by atoms with Gasteiger partial charge in [-0.2, -0.15) is 0 Å². The Kier molecular flexibility index (Phi) is 8.71. The van der Waals surface area contributed by atoms with E-state index in [1.165, 1.54) is 0 Å². The first kappa shape index (κ1) is 29.1. The van der Waals surface area contributed by atoms with E-state index >= 15 is 0 Å². The van der Waals surface area contributed by atoms with E-state index in [1.807, 2.05) is 62.7 Å². The van der Waals surface area contributed by atoms with Crippen molar-refractivity contribution in [1.29, 1.82) is 0 Å². The second-order valence-corrected chi connectivity index (χ2v) is 11.8. The van der Waals surface area contributed by atoms with E-state index in [0.29, 0.717) is 27.7 Å². The van der Waals surface area contributed by atoms with Gasteiger partial charge in [0.15, 0.2) is 0 Å². The molecule has 2 aliphatic rings. The van der Waals surface area contributed by atoms with E-state index in [9.17, 15) is 9.90 Å². The van der Waals surface area contributed by atoms with Crippen LogP contribution in [0.15, 0.2) is 43.0 Å². The summed E-state index contributed by atoms with van der Waals surface area (Å²) in [5.41, 5.74) is 3.48. The smallest absolute Gasteiger partial charge is 0.410 e. The predicted octanol–water partition coefficient (Wildman–Crippen LogP) is 5.30. The van der Waals surface area contributed by atoms with Crippen molar-refractivity contribution in [3.8, 4) is 0 Å². The topological polar surface area (TPSA) is 92.5 Å². The number of carbonyl (C=O) groups is 1. The molecule has 0 bridgehead atoms. The van der Waals surface area contributed by atoms with Gasteiger partial charge >= 0.3 is 6.09 Å². The van der Waals surface area contributed by atoms with E-state index in [2.05, 4.69) is 15.3 Å². The highest BCUT2D eigenvalue weighted by atomic mass is 35.5. The minimum atomic E-state index is -1.28. The van der Waals surface area contributed by atoms with Gasteiger partial charge in [0.25, 0.3) is 0 Å². The Labute approximate surface area is 239 Å². The molecule has 0 spiro atoms. The molecule has 1 amide bonds. The summed E-state index contributed by atoms with van der Waals surface area (Å²) in [7, 11) is 1.86. The Morgan fingerprint density at radius 3 is 2.44 bits per heavy atom. The summed E-state index contributed by atoms with van der Waals surface area (Å²) in [6.07, 6.45) is 7.38. The van der Waals surface area contributed by atoms with Crippen LogP contribution in [0.1, 0.15) is 55.8 Å². The van der Waals surface area contributed by atoms with Crippen LogP contribution in [0.3, 0.4) is 0 Å². The molecule has 39 heavy (non-hydrogen) atoms. The summed E-state index contributed by atoms with van der Waals surface area (Å²) in [6.45, 7) is 10.6. The summed E-state index contributed by atoms with van der Waals surface area (Å²) in [5, 5.41) is 15.9. The Bertz CT molecular complexity index is 1370. The van der Waals surface area contributed by atoms with Crippen molar-refractivity contribution in [2.24, 2.45) is 7.05 Å². The fourth-order valence-electron chi connectivity index (χ4n) is 4.66. The molecule has 1 aliphatic carbocycles. The van der Waals surface area contributed by atoms with Gasteiger partial charge in [-0.15, -0.1) is 0 Å². The zero-order valence-corrected chi connectivity index (χ0v) is 24.5. The van der Waals surface area contributed by atoms with Crippen molar-refractivity contribution >= 4 is 40.9 Å². The Hall–Kier alpha value is -2.91. The molecular formula is C29H35Cl2N5O3. The molecule has 10 heteroatoms. The largest absolute Gasteiger partial charge is 0.444 e. The monoisotopic (exact) mass is 571 g/mol. The number of aromatic nitrogens is 3. The van der Waals surface area contributed by atoms with Crippen LogP contribution in [0.5, 0.6) is 0 Å². The highest BCUT2D eigenvalue weighted by Crippen LogP contribution is 2.42. The second kappa shape index (κ2) is 11.7. The quantitative estimate of drug-likeness (QED) is 0.433. The Morgan fingerprint density at radius 1 is 1.08 bits per heavy atom. The molecule has 208 valence electrons. The highest BCUT2D eigenvalue weighted by molar-refractivity contribution is 6.31. The second-order valence-electron chi connectivity index (χ2n) is 10.9. The minimum Gasteiger partial charge on any atom is -0.444 e. The summed E-state index contributed by atoms with van der Waals surface area (Å²) in [5.74, 6) is 0. The van der Waals surface area contributed by atoms with Crippen LogP contribution in [-0.2, 0) is 23.8 Å². The van der Waals surface area contributed by atoms with Crippen LogP contribution in [0.2, 0.25) is 10.0 Å². The van der Waals surface area contributed by atoms with Gasteiger partial charge in [-0.05, 0) is 68.7 Å². The van der Waals surface area contributed by atoms with Crippen molar-refractivity contribution in [2.45, 2.75) is 45.3 Å². The molecule has 2 aromatic heterocycles. The molecule has 1 aromatic carbocycles. The van der Waals surface area contributed by atoms with Crippen LogP contribution in [0.4, 0.5) is 4.79 Å². The number of halogens is 2. The van der Waals surface area contributed by atoms with Gasteiger partial charge in [0.1, 0.15) is 11.2 Å². The zero-order chi connectivity index (χ0) is 28.4. The first-order chi connectivity index (χ1) is 18.3. The van der Waals surface area contributed by atoms with E-state index in [4.69, 9.17) is 27.9 Å². The number of amides is 1. The first-order valence-electron chi connectivity index (χ1n) is 12.9. The number of aryl methyl sites for hydroxylation is 1. The van der Waals surface area contributed by atoms with Crippen molar-refractivity contribution in [1.82, 2.24) is 24.8 Å². The fraction of sp³-hybridized carbons (Fsp3) is 0.414. The average molecular weight is 573 g/mol. The van der Waals surface area contributed by atoms with E-state index in [0.717, 1.165) is 48.6 Å². The first-order valence-corrected chi connectivity index (χ1v) is 13.6. The lowest BCUT2D eigenvalue weighted by Gasteiger charge is -2.30. The number of hydrogen-bond acceptors (Lipinski definition) is 6. The minimum absolute atomic E-state index is 0.200. The highest BCUT2D eigenvalue weighted by Gasteiger charge is 2.35. The van der Waals surface area contributed by atoms with Crippen molar-refractivity contribution in [3.05, 3.63) is 81.1 Å². The molecule has 1 saturated heterocycles. The lowest BCUT2D eigenvalue weighted by Crippen LogP contribution is -2.48. The van der Waals surface area contributed by atoms with Gasteiger partial charge in [0.05, 0.1) is 28.9 Å². The van der Waals surface area contributed by atoms with Gasteiger partial charge in [0, 0.05) is 56.4 Å². The van der Waals surface area contributed by atoms with Gasteiger partial charge in [-0.3, -0.25) is 4.98 Å². The Morgan fingerprint density at radius 2 is 1.79 bits per heavy atom. The number of rotatable bonds is 2. The number of ether oxygens (including phenoxy) is 1. The molecule has 5 rings (SSSR count). The molecule has 3 aromatic rings. The molecule has 0 radical (unpaired) electrons.